The lowest BCUT2D eigenvalue weighted by Gasteiger charge is -1.99. The fourth-order valence-corrected chi connectivity index (χ4v) is 1.94. The number of aromatic nitrogens is 4. The summed E-state index contributed by atoms with van der Waals surface area (Å²) in [5, 5.41) is 12.2. The van der Waals surface area contributed by atoms with E-state index < -0.39 is 5.97 Å². The highest BCUT2D eigenvalue weighted by Gasteiger charge is 2.18. The number of ether oxygens (including phenoxy) is 1. The van der Waals surface area contributed by atoms with Crippen molar-refractivity contribution < 1.29 is 14.1 Å². The van der Waals surface area contributed by atoms with E-state index in [2.05, 4.69) is 15.4 Å². The molecule has 0 atom stereocenters. The number of nitrogens with zero attached hydrogens (tertiary/aromatic N) is 4. The van der Waals surface area contributed by atoms with Crippen molar-refractivity contribution in [2.24, 2.45) is 0 Å². The quantitative estimate of drug-likeness (QED) is 0.687. The fraction of sp³-hybridized carbons (Fsp3) is 0.200. The Bertz CT molecular complexity index is 792. The van der Waals surface area contributed by atoms with Crippen LogP contribution in [0.5, 0.6) is 0 Å². The van der Waals surface area contributed by atoms with E-state index >= 15 is 0 Å². The molecule has 3 rings (SSSR count). The molecule has 0 aliphatic heterocycles. The van der Waals surface area contributed by atoms with Crippen molar-refractivity contribution in [1.29, 1.82) is 0 Å². The molecule has 0 saturated carbocycles. The van der Waals surface area contributed by atoms with Crippen molar-refractivity contribution in [2.45, 2.75) is 20.5 Å². The van der Waals surface area contributed by atoms with Crippen LogP contribution in [-0.4, -0.2) is 26.1 Å². The minimum Gasteiger partial charge on any atom is -0.454 e. The summed E-state index contributed by atoms with van der Waals surface area (Å²) >= 11 is 0. The highest BCUT2D eigenvalue weighted by molar-refractivity contribution is 5.88. The first kappa shape index (κ1) is 14.0. The maximum absolute atomic E-state index is 12.1. The number of hydrogen-bond acceptors (Lipinski definition) is 6. The fourth-order valence-electron chi connectivity index (χ4n) is 1.94. The van der Waals surface area contributed by atoms with Crippen molar-refractivity contribution in [3.8, 4) is 5.69 Å². The number of carbonyl (C=O) groups is 1. The van der Waals surface area contributed by atoms with Gasteiger partial charge in [0, 0.05) is 6.07 Å². The zero-order chi connectivity index (χ0) is 15.5. The molecule has 7 nitrogen and oxygen atoms in total. The largest absolute Gasteiger partial charge is 0.454 e. The van der Waals surface area contributed by atoms with E-state index in [-0.39, 0.29) is 12.3 Å². The van der Waals surface area contributed by atoms with Gasteiger partial charge in [0.1, 0.15) is 18.1 Å². The van der Waals surface area contributed by atoms with Crippen molar-refractivity contribution in [3.63, 3.8) is 0 Å². The van der Waals surface area contributed by atoms with E-state index in [1.165, 1.54) is 4.80 Å². The van der Waals surface area contributed by atoms with Gasteiger partial charge in [-0.15, -0.1) is 5.10 Å². The number of esters is 1. The van der Waals surface area contributed by atoms with Gasteiger partial charge < -0.3 is 9.26 Å². The molecule has 0 bridgehead atoms. The SMILES string of the molecule is Cc1cc(COC(=O)c2nn(-c3ccccc3)nc2C)no1. The maximum Gasteiger partial charge on any atom is 0.361 e. The van der Waals surface area contributed by atoms with Crippen LogP contribution in [0.1, 0.15) is 27.6 Å². The number of aryl methyl sites for hydroxylation is 2. The molecule has 0 fully saturated rings. The molecular weight excluding hydrogens is 284 g/mol. The zero-order valence-corrected chi connectivity index (χ0v) is 12.2. The zero-order valence-electron chi connectivity index (χ0n) is 12.2. The summed E-state index contributed by atoms with van der Waals surface area (Å²) in [5.74, 6) is 0.123. The third-order valence-electron chi connectivity index (χ3n) is 2.99. The minimum atomic E-state index is -0.541. The van der Waals surface area contributed by atoms with Crippen LogP contribution < -0.4 is 0 Å². The number of hydrogen-bond donors (Lipinski definition) is 0. The van der Waals surface area contributed by atoms with Gasteiger partial charge in [-0.05, 0) is 26.0 Å². The summed E-state index contributed by atoms with van der Waals surface area (Å²) in [7, 11) is 0. The highest BCUT2D eigenvalue weighted by atomic mass is 16.5. The molecule has 0 aliphatic carbocycles. The Balaban J connectivity index is 1.74. The van der Waals surface area contributed by atoms with Crippen LogP contribution in [0.25, 0.3) is 5.69 Å². The molecule has 0 saturated heterocycles. The molecule has 2 heterocycles. The van der Waals surface area contributed by atoms with Crippen molar-refractivity contribution in [1.82, 2.24) is 20.2 Å². The first-order valence-corrected chi connectivity index (χ1v) is 6.72. The third-order valence-corrected chi connectivity index (χ3v) is 2.99. The lowest BCUT2D eigenvalue weighted by Crippen LogP contribution is -2.08. The van der Waals surface area contributed by atoms with Gasteiger partial charge in [0.15, 0.2) is 5.69 Å². The summed E-state index contributed by atoms with van der Waals surface area (Å²) in [6.45, 7) is 3.52. The molecule has 0 radical (unpaired) electrons. The number of para-hydroxylation sites is 1. The lowest BCUT2D eigenvalue weighted by molar-refractivity contribution is 0.0456. The Kier molecular flexibility index (Phi) is 3.69. The van der Waals surface area contributed by atoms with Crippen LogP contribution >= 0.6 is 0 Å². The molecule has 112 valence electrons. The standard InChI is InChI=1S/C15H14N4O3/c1-10-8-12(18-22-10)9-21-15(20)14-11(2)16-19(17-14)13-6-4-3-5-7-13/h3-8H,9H2,1-2H3. The lowest BCUT2D eigenvalue weighted by atomic mass is 10.3. The summed E-state index contributed by atoms with van der Waals surface area (Å²) < 4.78 is 10.1. The van der Waals surface area contributed by atoms with Crippen LogP contribution in [0.15, 0.2) is 40.9 Å². The van der Waals surface area contributed by atoms with Crippen molar-refractivity contribution in [2.75, 3.05) is 0 Å². The molecule has 0 spiro atoms. The van der Waals surface area contributed by atoms with Crippen LogP contribution in [0.4, 0.5) is 0 Å². The van der Waals surface area contributed by atoms with Crippen LogP contribution in [0, 0.1) is 13.8 Å². The summed E-state index contributed by atoms with van der Waals surface area (Å²) in [4.78, 5) is 13.5. The van der Waals surface area contributed by atoms with Gasteiger partial charge in [-0.25, -0.2) is 4.79 Å². The average molecular weight is 298 g/mol. The van der Waals surface area contributed by atoms with E-state index in [1.807, 2.05) is 30.3 Å². The second kappa shape index (κ2) is 5.80. The van der Waals surface area contributed by atoms with Crippen LogP contribution in [0.3, 0.4) is 0 Å². The Morgan fingerprint density at radius 2 is 2.00 bits per heavy atom. The average Bonchev–Trinajstić information content (AvgIpc) is 3.12. The van der Waals surface area contributed by atoms with E-state index in [9.17, 15) is 4.79 Å². The molecule has 3 aromatic rings. The normalized spacial score (nSPS) is 10.6. The van der Waals surface area contributed by atoms with Gasteiger partial charge in [0.2, 0.25) is 0 Å². The Hall–Kier alpha value is -2.96. The van der Waals surface area contributed by atoms with E-state index in [1.54, 1.807) is 19.9 Å². The predicted molar refractivity (Wildman–Crippen MR) is 76.5 cm³/mol. The van der Waals surface area contributed by atoms with Gasteiger partial charge in [-0.1, -0.05) is 23.4 Å². The number of rotatable bonds is 4. The third kappa shape index (κ3) is 2.88. The molecule has 1 aromatic carbocycles. The van der Waals surface area contributed by atoms with Gasteiger partial charge in [-0.2, -0.15) is 9.90 Å². The Morgan fingerprint density at radius 3 is 2.68 bits per heavy atom. The first-order chi connectivity index (χ1) is 10.6. The molecule has 7 heteroatoms. The van der Waals surface area contributed by atoms with E-state index in [0.29, 0.717) is 17.1 Å². The smallest absolute Gasteiger partial charge is 0.361 e. The van der Waals surface area contributed by atoms with Gasteiger partial charge in [0.05, 0.1) is 11.4 Å². The molecule has 22 heavy (non-hydrogen) atoms. The van der Waals surface area contributed by atoms with E-state index in [4.69, 9.17) is 9.26 Å². The van der Waals surface area contributed by atoms with E-state index in [0.717, 1.165) is 5.69 Å². The molecule has 2 aromatic heterocycles. The van der Waals surface area contributed by atoms with Gasteiger partial charge in [-0.3, -0.25) is 0 Å². The molecule has 0 amide bonds. The van der Waals surface area contributed by atoms with Crippen LogP contribution in [0.2, 0.25) is 0 Å². The number of benzene rings is 1. The summed E-state index contributed by atoms with van der Waals surface area (Å²) in [5.41, 5.74) is 2.02. The Morgan fingerprint density at radius 1 is 1.23 bits per heavy atom. The Labute approximate surface area is 126 Å². The topological polar surface area (TPSA) is 83.0 Å². The molecule has 0 aliphatic rings. The number of carbonyl (C=O) groups excluding carboxylic acids is 1. The second-order valence-electron chi connectivity index (χ2n) is 4.76. The van der Waals surface area contributed by atoms with Gasteiger partial charge >= 0.3 is 5.97 Å². The molecule has 0 unspecified atom stereocenters. The minimum absolute atomic E-state index is 0.0355. The van der Waals surface area contributed by atoms with Crippen LogP contribution in [-0.2, 0) is 11.3 Å². The van der Waals surface area contributed by atoms with Crippen molar-refractivity contribution in [3.05, 3.63) is 59.2 Å². The summed E-state index contributed by atoms with van der Waals surface area (Å²) in [6.07, 6.45) is 0. The second-order valence-corrected chi connectivity index (χ2v) is 4.76. The summed E-state index contributed by atoms with van der Waals surface area (Å²) in [6, 6.07) is 11.1. The molecular formula is C15H14N4O3. The van der Waals surface area contributed by atoms with Crippen molar-refractivity contribution >= 4 is 5.97 Å². The van der Waals surface area contributed by atoms with Gasteiger partial charge in [0.25, 0.3) is 0 Å². The predicted octanol–water partition coefficient (Wildman–Crippen LogP) is 2.23. The first-order valence-electron chi connectivity index (χ1n) is 6.72. The monoisotopic (exact) mass is 298 g/mol. The maximum atomic E-state index is 12.1. The highest BCUT2D eigenvalue weighted by Crippen LogP contribution is 2.10. The molecule has 0 N–H and O–H groups in total.